The second kappa shape index (κ2) is 9.03. The second-order valence-electron chi connectivity index (χ2n) is 15.5. The molecule has 6 nitrogen and oxygen atoms in total. The van der Waals surface area contributed by atoms with Gasteiger partial charge in [0, 0.05) is 12.3 Å². The van der Waals surface area contributed by atoms with Crippen molar-refractivity contribution in [3.63, 3.8) is 0 Å². The number of rotatable bonds is 3. The van der Waals surface area contributed by atoms with Crippen LogP contribution in [-0.4, -0.2) is 57.9 Å². The predicted octanol–water partition coefficient (Wildman–Crippen LogP) is 5.03. The van der Waals surface area contributed by atoms with Crippen LogP contribution in [0.3, 0.4) is 0 Å². The molecular formula is C32H52O6. The average Bonchev–Trinajstić information content (AvgIpc) is 3.15. The first-order valence-electron chi connectivity index (χ1n) is 15.1. The Morgan fingerprint density at radius 1 is 1.05 bits per heavy atom. The lowest BCUT2D eigenvalue weighted by Crippen LogP contribution is -2.66. The minimum atomic E-state index is -1.08. The summed E-state index contributed by atoms with van der Waals surface area (Å²) in [6.45, 7) is 17.1. The van der Waals surface area contributed by atoms with Crippen molar-refractivity contribution in [2.24, 2.45) is 45.3 Å². The molecule has 0 aromatic rings. The van der Waals surface area contributed by atoms with Gasteiger partial charge in [-0.1, -0.05) is 46.3 Å². The normalized spacial score (nSPS) is 50.3. The molecule has 0 aromatic carbocycles. The van der Waals surface area contributed by atoms with E-state index in [9.17, 15) is 20.1 Å². The number of carbonyl (C=O) groups is 1. The van der Waals surface area contributed by atoms with Crippen LogP contribution in [0.5, 0.6) is 0 Å². The lowest BCUT2D eigenvalue weighted by atomic mass is 9.37. The largest absolute Gasteiger partial charge is 0.462 e. The summed E-state index contributed by atoms with van der Waals surface area (Å²) >= 11 is 0. The van der Waals surface area contributed by atoms with Crippen LogP contribution < -0.4 is 0 Å². The summed E-state index contributed by atoms with van der Waals surface area (Å²) in [4.78, 5) is 12.5. The monoisotopic (exact) mass is 532 g/mol. The molecule has 4 fully saturated rings. The molecule has 6 heteroatoms. The SMILES string of the molecule is CC(=O)OC1CC2C(C)(C)C(O)CCC2(C)C2CCC3(C)C(=CCC3C3COC(C(C)(C)O)C(O)C3)C12C. The highest BCUT2D eigenvalue weighted by molar-refractivity contribution is 5.66. The van der Waals surface area contributed by atoms with E-state index < -0.39 is 17.8 Å². The van der Waals surface area contributed by atoms with Gasteiger partial charge in [-0.3, -0.25) is 4.79 Å². The van der Waals surface area contributed by atoms with Gasteiger partial charge in [0.1, 0.15) is 12.2 Å². The number of fused-ring (bicyclic) bond motifs is 5. The van der Waals surface area contributed by atoms with Crippen molar-refractivity contribution in [3.8, 4) is 0 Å². The number of allylic oxidation sites excluding steroid dienone is 1. The summed E-state index contributed by atoms with van der Waals surface area (Å²) in [7, 11) is 0. The number of ether oxygens (including phenoxy) is 2. The van der Waals surface area contributed by atoms with E-state index in [2.05, 4.69) is 40.7 Å². The van der Waals surface area contributed by atoms with Crippen molar-refractivity contribution in [2.45, 2.75) is 130 Å². The summed E-state index contributed by atoms with van der Waals surface area (Å²) in [6, 6.07) is 0. The Kier molecular flexibility index (Phi) is 6.79. The quantitative estimate of drug-likeness (QED) is 0.349. The van der Waals surface area contributed by atoms with Crippen molar-refractivity contribution in [2.75, 3.05) is 6.61 Å². The van der Waals surface area contributed by atoms with E-state index in [1.807, 2.05) is 0 Å². The molecule has 3 N–H and O–H groups in total. The lowest BCUT2D eigenvalue weighted by molar-refractivity contribution is -0.224. The molecule has 11 unspecified atom stereocenters. The standard InChI is InChI=1S/C32H52O6/c1-18(33)38-26-16-24-28(2,3)25(35)12-14-31(24,7)23-11-13-30(6)20(9-10-22(30)32(23,26)8)19-15-21(34)27(37-17-19)29(4,5)36/h10,19-21,23-27,34-36H,9,11-17H2,1-8H3. The molecule has 1 heterocycles. The van der Waals surface area contributed by atoms with Crippen LogP contribution >= 0.6 is 0 Å². The van der Waals surface area contributed by atoms with Gasteiger partial charge in [0.2, 0.25) is 0 Å². The van der Waals surface area contributed by atoms with E-state index in [4.69, 9.17) is 9.47 Å². The maximum atomic E-state index is 12.5. The summed E-state index contributed by atoms with van der Waals surface area (Å²) in [5.74, 6) is 0.988. The number of esters is 1. The van der Waals surface area contributed by atoms with E-state index in [-0.39, 0.29) is 51.7 Å². The maximum Gasteiger partial charge on any atom is 0.302 e. The first-order valence-corrected chi connectivity index (χ1v) is 15.1. The van der Waals surface area contributed by atoms with Crippen LogP contribution in [0.4, 0.5) is 0 Å². The second-order valence-corrected chi connectivity index (χ2v) is 15.5. The number of hydrogen-bond acceptors (Lipinski definition) is 6. The molecule has 1 aliphatic heterocycles. The van der Waals surface area contributed by atoms with Gasteiger partial charge in [-0.25, -0.2) is 0 Å². The van der Waals surface area contributed by atoms with Crippen molar-refractivity contribution in [1.29, 1.82) is 0 Å². The minimum Gasteiger partial charge on any atom is -0.462 e. The van der Waals surface area contributed by atoms with E-state index in [0.717, 1.165) is 38.5 Å². The predicted molar refractivity (Wildman–Crippen MR) is 146 cm³/mol. The Balaban J connectivity index is 1.49. The highest BCUT2D eigenvalue weighted by Gasteiger charge is 2.69. The van der Waals surface area contributed by atoms with Gasteiger partial charge in [-0.15, -0.1) is 0 Å². The molecule has 216 valence electrons. The molecule has 38 heavy (non-hydrogen) atoms. The Morgan fingerprint density at radius 2 is 1.74 bits per heavy atom. The zero-order chi connectivity index (χ0) is 28.1. The van der Waals surface area contributed by atoms with Gasteiger partial charge in [0.05, 0.1) is 24.4 Å². The Labute approximate surface area is 229 Å². The molecular weight excluding hydrogens is 480 g/mol. The molecule has 0 bridgehead atoms. The third-order valence-electron chi connectivity index (χ3n) is 12.6. The van der Waals surface area contributed by atoms with Gasteiger partial charge >= 0.3 is 5.97 Å². The molecule has 5 aliphatic rings. The molecule has 0 spiro atoms. The van der Waals surface area contributed by atoms with E-state index >= 15 is 0 Å². The van der Waals surface area contributed by atoms with Crippen LogP contribution in [0, 0.1) is 45.3 Å². The fourth-order valence-corrected chi connectivity index (χ4v) is 10.8. The number of carbonyl (C=O) groups excluding carboxylic acids is 1. The van der Waals surface area contributed by atoms with Crippen molar-refractivity contribution < 1.29 is 29.6 Å². The third kappa shape index (κ3) is 3.98. The first kappa shape index (κ1) is 28.6. The molecule has 0 amide bonds. The molecule has 3 saturated carbocycles. The maximum absolute atomic E-state index is 12.5. The lowest BCUT2D eigenvalue weighted by Gasteiger charge is -2.68. The van der Waals surface area contributed by atoms with Gasteiger partial charge in [-0.05, 0) is 98.7 Å². The number of aliphatic hydroxyl groups is 3. The number of aliphatic hydroxyl groups excluding tert-OH is 2. The van der Waals surface area contributed by atoms with E-state index in [0.29, 0.717) is 24.9 Å². The number of hydrogen-bond donors (Lipinski definition) is 3. The van der Waals surface area contributed by atoms with Crippen molar-refractivity contribution >= 4 is 5.97 Å². The Bertz CT molecular complexity index is 981. The van der Waals surface area contributed by atoms with Gasteiger partial charge in [0.15, 0.2) is 0 Å². The van der Waals surface area contributed by atoms with Gasteiger partial charge in [-0.2, -0.15) is 0 Å². The molecule has 4 aliphatic carbocycles. The molecule has 1 saturated heterocycles. The summed E-state index contributed by atoms with van der Waals surface area (Å²) in [6.07, 6.45) is 6.97. The fourth-order valence-electron chi connectivity index (χ4n) is 10.8. The van der Waals surface area contributed by atoms with E-state index in [1.165, 1.54) is 12.5 Å². The van der Waals surface area contributed by atoms with Crippen molar-refractivity contribution in [1.82, 2.24) is 0 Å². The Morgan fingerprint density at radius 3 is 2.34 bits per heavy atom. The first-order chi connectivity index (χ1) is 17.5. The average molecular weight is 533 g/mol. The van der Waals surface area contributed by atoms with Crippen LogP contribution in [0.1, 0.15) is 100 Å². The van der Waals surface area contributed by atoms with Crippen molar-refractivity contribution in [3.05, 3.63) is 11.6 Å². The van der Waals surface area contributed by atoms with Crippen LogP contribution in [-0.2, 0) is 14.3 Å². The summed E-state index contributed by atoms with van der Waals surface area (Å²) < 4.78 is 12.3. The highest BCUT2D eigenvalue weighted by Crippen LogP contribution is 2.73. The van der Waals surface area contributed by atoms with Crippen LogP contribution in [0.25, 0.3) is 0 Å². The molecule has 0 radical (unpaired) electrons. The Hall–Kier alpha value is -0.950. The topological polar surface area (TPSA) is 96.2 Å². The zero-order valence-corrected chi connectivity index (χ0v) is 24.9. The minimum absolute atomic E-state index is 0.0497. The molecule has 11 atom stereocenters. The molecule has 5 rings (SSSR count). The van der Waals surface area contributed by atoms with Gasteiger partial charge < -0.3 is 24.8 Å². The summed E-state index contributed by atoms with van der Waals surface area (Å²) in [5.41, 5.74) is -0.108. The van der Waals surface area contributed by atoms with Crippen LogP contribution in [0.15, 0.2) is 11.6 Å². The zero-order valence-electron chi connectivity index (χ0n) is 24.9. The smallest absolute Gasteiger partial charge is 0.302 e. The van der Waals surface area contributed by atoms with Crippen LogP contribution in [0.2, 0.25) is 0 Å². The molecule has 0 aromatic heterocycles. The highest BCUT2D eigenvalue weighted by atomic mass is 16.5. The fraction of sp³-hybridized carbons (Fsp3) is 0.906. The third-order valence-corrected chi connectivity index (χ3v) is 12.6. The van der Waals surface area contributed by atoms with Gasteiger partial charge in [0.25, 0.3) is 0 Å². The van der Waals surface area contributed by atoms with E-state index in [1.54, 1.807) is 13.8 Å². The summed E-state index contributed by atoms with van der Waals surface area (Å²) in [5, 5.41) is 32.4.